The van der Waals surface area contributed by atoms with Gasteiger partial charge in [0.15, 0.2) is 0 Å². The molecule has 1 aromatic heterocycles. The molecule has 0 unspecified atom stereocenters. The number of benzene rings is 2. The van der Waals surface area contributed by atoms with Crippen LogP contribution in [0, 0.1) is 0 Å². The highest BCUT2D eigenvalue weighted by molar-refractivity contribution is 6.01. The predicted molar refractivity (Wildman–Crippen MR) is 87.8 cm³/mol. The van der Waals surface area contributed by atoms with E-state index in [2.05, 4.69) is 10.3 Å². The molecule has 106 valence electrons. The Hall–Kier alpha value is -2.39. The van der Waals surface area contributed by atoms with Crippen LogP contribution in [0.2, 0.25) is 0 Å². The number of para-hydroxylation sites is 1. The molecule has 21 heavy (non-hydrogen) atoms. The van der Waals surface area contributed by atoms with Gasteiger partial charge in [-0.1, -0.05) is 48.5 Å². The summed E-state index contributed by atoms with van der Waals surface area (Å²) in [5.41, 5.74) is 2.69. The third-order valence-corrected chi connectivity index (χ3v) is 3.13. The minimum atomic E-state index is -0.0208. The predicted octanol–water partition coefficient (Wildman–Crippen LogP) is 3.84. The number of amides is 1. The van der Waals surface area contributed by atoms with E-state index in [1.807, 2.05) is 60.7 Å². The Labute approximate surface area is 129 Å². The molecule has 0 bridgehead atoms. The largest absolute Gasteiger partial charge is 0.325 e. The lowest BCUT2D eigenvalue weighted by Gasteiger charge is -2.08. The number of anilines is 1. The number of aromatic nitrogens is 1. The van der Waals surface area contributed by atoms with Gasteiger partial charge in [-0.2, -0.15) is 0 Å². The van der Waals surface area contributed by atoms with E-state index in [9.17, 15) is 4.79 Å². The Kier molecular flexibility index (Phi) is 4.90. The smallest absolute Gasteiger partial charge is 0.228 e. The highest BCUT2D eigenvalue weighted by atomic mass is 35.5. The summed E-state index contributed by atoms with van der Waals surface area (Å²) in [6.45, 7) is 0. The molecule has 0 saturated heterocycles. The number of carbonyl (C=O) groups excluding carboxylic acids is 1. The molecule has 0 fully saturated rings. The number of rotatable bonds is 3. The van der Waals surface area contributed by atoms with Crippen LogP contribution < -0.4 is 5.32 Å². The molecular weight excluding hydrogens is 284 g/mol. The fraction of sp³-hybridized carbons (Fsp3) is 0.0588. The van der Waals surface area contributed by atoms with Crippen molar-refractivity contribution in [3.05, 3.63) is 72.4 Å². The third-order valence-electron chi connectivity index (χ3n) is 3.13. The zero-order valence-corrected chi connectivity index (χ0v) is 12.1. The Morgan fingerprint density at radius 1 is 0.952 bits per heavy atom. The SMILES string of the molecule is Cl.O=C(Cc1ccccc1)Nc1ccnc2ccccc12. The summed E-state index contributed by atoms with van der Waals surface area (Å²) in [5.74, 6) is -0.0208. The van der Waals surface area contributed by atoms with Gasteiger partial charge >= 0.3 is 0 Å². The first-order valence-electron chi connectivity index (χ1n) is 6.50. The van der Waals surface area contributed by atoms with Crippen LogP contribution in [0.25, 0.3) is 10.9 Å². The molecule has 4 heteroatoms. The molecular formula is C17H15ClN2O. The van der Waals surface area contributed by atoms with E-state index in [4.69, 9.17) is 0 Å². The topological polar surface area (TPSA) is 42.0 Å². The highest BCUT2D eigenvalue weighted by Crippen LogP contribution is 2.21. The Morgan fingerprint density at radius 2 is 1.67 bits per heavy atom. The number of halogens is 1. The average molecular weight is 299 g/mol. The van der Waals surface area contributed by atoms with E-state index in [-0.39, 0.29) is 18.3 Å². The lowest BCUT2D eigenvalue weighted by atomic mass is 10.1. The second-order valence-corrected chi connectivity index (χ2v) is 4.59. The number of fused-ring (bicyclic) bond motifs is 1. The van der Waals surface area contributed by atoms with E-state index in [1.165, 1.54) is 0 Å². The van der Waals surface area contributed by atoms with Gasteiger partial charge in [0.1, 0.15) is 0 Å². The molecule has 0 aliphatic heterocycles. The molecule has 1 heterocycles. The molecule has 0 atom stereocenters. The van der Waals surface area contributed by atoms with Gasteiger partial charge in [0, 0.05) is 11.6 Å². The van der Waals surface area contributed by atoms with Crippen LogP contribution >= 0.6 is 12.4 Å². The Morgan fingerprint density at radius 3 is 2.48 bits per heavy atom. The fourth-order valence-corrected chi connectivity index (χ4v) is 2.18. The van der Waals surface area contributed by atoms with E-state index >= 15 is 0 Å². The van der Waals surface area contributed by atoms with Crippen LogP contribution in [0.5, 0.6) is 0 Å². The summed E-state index contributed by atoms with van der Waals surface area (Å²) >= 11 is 0. The third kappa shape index (κ3) is 3.58. The van der Waals surface area contributed by atoms with Crippen LogP contribution in [0.3, 0.4) is 0 Å². The summed E-state index contributed by atoms with van der Waals surface area (Å²) in [6.07, 6.45) is 2.08. The maximum atomic E-state index is 12.1. The van der Waals surface area contributed by atoms with Gasteiger partial charge in [0.05, 0.1) is 17.6 Å². The summed E-state index contributed by atoms with van der Waals surface area (Å²) < 4.78 is 0. The van der Waals surface area contributed by atoms with E-state index in [0.29, 0.717) is 6.42 Å². The monoisotopic (exact) mass is 298 g/mol. The molecule has 0 aliphatic carbocycles. The molecule has 3 rings (SSSR count). The first-order chi connectivity index (χ1) is 9.83. The van der Waals surface area contributed by atoms with Crippen molar-refractivity contribution in [2.45, 2.75) is 6.42 Å². The molecule has 1 amide bonds. The van der Waals surface area contributed by atoms with Crippen molar-refractivity contribution >= 4 is 34.9 Å². The Balaban J connectivity index is 0.00000161. The number of hydrogen-bond donors (Lipinski definition) is 1. The van der Waals surface area contributed by atoms with E-state index in [1.54, 1.807) is 6.20 Å². The van der Waals surface area contributed by atoms with Crippen LogP contribution in [0.1, 0.15) is 5.56 Å². The van der Waals surface area contributed by atoms with Gasteiger partial charge < -0.3 is 5.32 Å². The lowest BCUT2D eigenvalue weighted by Crippen LogP contribution is -2.14. The number of pyridine rings is 1. The number of carbonyl (C=O) groups is 1. The maximum absolute atomic E-state index is 12.1. The first kappa shape index (κ1) is 15.0. The maximum Gasteiger partial charge on any atom is 0.228 e. The van der Waals surface area contributed by atoms with Gasteiger partial charge in [-0.3, -0.25) is 9.78 Å². The van der Waals surface area contributed by atoms with Gasteiger partial charge in [-0.15, -0.1) is 12.4 Å². The highest BCUT2D eigenvalue weighted by Gasteiger charge is 2.06. The zero-order chi connectivity index (χ0) is 13.8. The van der Waals surface area contributed by atoms with Gasteiger partial charge in [-0.25, -0.2) is 0 Å². The van der Waals surface area contributed by atoms with E-state index in [0.717, 1.165) is 22.2 Å². The van der Waals surface area contributed by atoms with Crippen LogP contribution in [0.4, 0.5) is 5.69 Å². The zero-order valence-electron chi connectivity index (χ0n) is 11.3. The van der Waals surface area contributed by atoms with Crippen molar-refractivity contribution in [1.82, 2.24) is 4.98 Å². The summed E-state index contributed by atoms with van der Waals surface area (Å²) in [4.78, 5) is 16.4. The molecule has 1 N–H and O–H groups in total. The van der Waals surface area contributed by atoms with Crippen LogP contribution in [-0.4, -0.2) is 10.9 Å². The minimum Gasteiger partial charge on any atom is -0.325 e. The number of hydrogen-bond acceptors (Lipinski definition) is 2. The van der Waals surface area contributed by atoms with Crippen molar-refractivity contribution in [1.29, 1.82) is 0 Å². The number of nitrogens with one attached hydrogen (secondary N) is 1. The van der Waals surface area contributed by atoms with Crippen molar-refractivity contribution in [3.8, 4) is 0 Å². The minimum absolute atomic E-state index is 0. The Bertz CT molecular complexity index is 739. The van der Waals surface area contributed by atoms with Gasteiger partial charge in [0.25, 0.3) is 0 Å². The van der Waals surface area contributed by atoms with Crippen molar-refractivity contribution in [2.24, 2.45) is 0 Å². The molecule has 0 radical (unpaired) electrons. The molecule has 0 spiro atoms. The van der Waals surface area contributed by atoms with Crippen molar-refractivity contribution < 1.29 is 4.79 Å². The van der Waals surface area contributed by atoms with Crippen molar-refractivity contribution in [3.63, 3.8) is 0 Å². The molecule has 0 aliphatic rings. The second kappa shape index (κ2) is 6.86. The van der Waals surface area contributed by atoms with Crippen LogP contribution in [0.15, 0.2) is 66.9 Å². The molecule has 2 aromatic carbocycles. The lowest BCUT2D eigenvalue weighted by molar-refractivity contribution is -0.115. The van der Waals surface area contributed by atoms with Crippen molar-refractivity contribution in [2.75, 3.05) is 5.32 Å². The van der Waals surface area contributed by atoms with E-state index < -0.39 is 0 Å². The van der Waals surface area contributed by atoms with Crippen LogP contribution in [-0.2, 0) is 11.2 Å². The first-order valence-corrected chi connectivity index (χ1v) is 6.50. The molecule has 3 aromatic rings. The summed E-state index contributed by atoms with van der Waals surface area (Å²) in [5, 5.41) is 3.91. The standard InChI is InChI=1S/C17H14N2O.ClH/c20-17(12-13-6-2-1-3-7-13)19-16-10-11-18-15-9-5-4-8-14(15)16;/h1-11H,12H2,(H,18,19,20);1H. The number of nitrogens with zero attached hydrogens (tertiary/aromatic N) is 1. The summed E-state index contributed by atoms with van der Waals surface area (Å²) in [7, 11) is 0. The second-order valence-electron chi connectivity index (χ2n) is 4.59. The fourth-order valence-electron chi connectivity index (χ4n) is 2.18. The van der Waals surface area contributed by atoms with Gasteiger partial charge in [-0.05, 0) is 17.7 Å². The molecule has 3 nitrogen and oxygen atoms in total. The molecule has 0 saturated carbocycles. The van der Waals surface area contributed by atoms with Gasteiger partial charge in [0.2, 0.25) is 5.91 Å². The quantitative estimate of drug-likeness (QED) is 0.798. The summed E-state index contributed by atoms with van der Waals surface area (Å²) in [6, 6.07) is 19.3. The average Bonchev–Trinajstić information content (AvgIpc) is 2.48. The normalized spacial score (nSPS) is 9.90.